The van der Waals surface area contributed by atoms with Gasteiger partial charge in [0.25, 0.3) is 0 Å². The number of hydrogen-bond acceptors (Lipinski definition) is 3. The molecule has 2 heterocycles. The summed E-state index contributed by atoms with van der Waals surface area (Å²) in [5, 5.41) is 8.29. The highest BCUT2D eigenvalue weighted by atomic mass is 79.9. The van der Waals surface area contributed by atoms with Gasteiger partial charge in [0.2, 0.25) is 5.91 Å². The number of fused-ring (bicyclic) bond motifs is 3. The first-order valence-corrected chi connectivity index (χ1v) is 8.03. The van der Waals surface area contributed by atoms with Crippen LogP contribution in [0.2, 0.25) is 0 Å². The number of anilines is 2. The number of aryl methyl sites for hydroxylation is 1. The van der Waals surface area contributed by atoms with Gasteiger partial charge in [0.05, 0.1) is 17.8 Å². The van der Waals surface area contributed by atoms with Gasteiger partial charge >= 0.3 is 0 Å². The molecule has 4 rings (SSSR count). The molecule has 0 atom stereocenters. The van der Waals surface area contributed by atoms with Crippen LogP contribution in [-0.2, 0) is 11.2 Å². The standard InChI is InChI=1S/C17H13BrN4O/c1-11-19-20-16-10-17(23)22(13-5-3-2-4-6-13)15-9-12(18)7-8-14(15)21(11)16/h2-9H,10H2,1H3. The summed E-state index contributed by atoms with van der Waals surface area (Å²) >= 11 is 3.51. The molecule has 23 heavy (non-hydrogen) atoms. The van der Waals surface area contributed by atoms with E-state index < -0.39 is 0 Å². The summed E-state index contributed by atoms with van der Waals surface area (Å²) in [6.45, 7) is 1.89. The predicted octanol–water partition coefficient (Wildman–Crippen LogP) is 3.56. The SMILES string of the molecule is Cc1nnc2n1-c1ccc(Br)cc1N(c1ccccc1)C(=O)C2. The van der Waals surface area contributed by atoms with Gasteiger partial charge < -0.3 is 0 Å². The minimum Gasteiger partial charge on any atom is -0.281 e. The van der Waals surface area contributed by atoms with Crippen molar-refractivity contribution < 1.29 is 4.79 Å². The van der Waals surface area contributed by atoms with Gasteiger partial charge in [-0.3, -0.25) is 14.3 Å². The molecule has 0 unspecified atom stereocenters. The summed E-state index contributed by atoms with van der Waals surface area (Å²) in [6, 6.07) is 15.5. The second-order valence-corrected chi connectivity index (χ2v) is 6.29. The smallest absolute Gasteiger partial charge is 0.239 e. The zero-order valence-corrected chi connectivity index (χ0v) is 14.0. The lowest BCUT2D eigenvalue weighted by Gasteiger charge is -2.23. The van der Waals surface area contributed by atoms with Crippen molar-refractivity contribution in [2.45, 2.75) is 13.3 Å². The molecule has 0 fully saturated rings. The molecule has 1 aliphatic rings. The van der Waals surface area contributed by atoms with Crippen LogP contribution in [0.25, 0.3) is 5.69 Å². The normalized spacial score (nSPS) is 13.5. The van der Waals surface area contributed by atoms with Crippen LogP contribution < -0.4 is 4.90 Å². The molecule has 3 aromatic rings. The van der Waals surface area contributed by atoms with Crippen LogP contribution in [0.5, 0.6) is 0 Å². The van der Waals surface area contributed by atoms with Gasteiger partial charge in [-0.15, -0.1) is 10.2 Å². The Morgan fingerprint density at radius 1 is 1.04 bits per heavy atom. The molecule has 0 N–H and O–H groups in total. The first-order chi connectivity index (χ1) is 11.1. The number of benzene rings is 2. The van der Waals surface area contributed by atoms with Crippen molar-refractivity contribution in [3.63, 3.8) is 0 Å². The molecular weight excluding hydrogens is 356 g/mol. The number of amides is 1. The zero-order chi connectivity index (χ0) is 16.0. The lowest BCUT2D eigenvalue weighted by molar-refractivity contribution is -0.117. The van der Waals surface area contributed by atoms with Crippen molar-refractivity contribution in [2.24, 2.45) is 0 Å². The molecular formula is C17H13BrN4O. The molecule has 0 saturated heterocycles. The Morgan fingerprint density at radius 2 is 1.83 bits per heavy atom. The average Bonchev–Trinajstić information content (AvgIpc) is 2.84. The number of nitrogens with zero attached hydrogens (tertiary/aromatic N) is 4. The summed E-state index contributed by atoms with van der Waals surface area (Å²) in [5.41, 5.74) is 2.56. The van der Waals surface area contributed by atoms with Crippen molar-refractivity contribution in [1.29, 1.82) is 0 Å². The molecule has 0 radical (unpaired) electrons. The van der Waals surface area contributed by atoms with Crippen LogP contribution >= 0.6 is 15.9 Å². The molecule has 5 nitrogen and oxygen atoms in total. The van der Waals surface area contributed by atoms with E-state index in [0.29, 0.717) is 5.82 Å². The average molecular weight is 369 g/mol. The Balaban J connectivity index is 2.02. The zero-order valence-electron chi connectivity index (χ0n) is 12.4. The van der Waals surface area contributed by atoms with Gasteiger partial charge in [0.15, 0.2) is 0 Å². The van der Waals surface area contributed by atoms with Gasteiger partial charge in [-0.2, -0.15) is 0 Å². The van der Waals surface area contributed by atoms with Crippen LogP contribution in [0.1, 0.15) is 11.6 Å². The van der Waals surface area contributed by atoms with Crippen LogP contribution in [0.15, 0.2) is 53.0 Å². The predicted molar refractivity (Wildman–Crippen MR) is 91.1 cm³/mol. The fraction of sp³-hybridized carbons (Fsp3) is 0.118. The number of carbonyl (C=O) groups is 1. The van der Waals surface area contributed by atoms with E-state index in [1.165, 1.54) is 0 Å². The maximum absolute atomic E-state index is 12.9. The largest absolute Gasteiger partial charge is 0.281 e. The fourth-order valence-electron chi connectivity index (χ4n) is 2.91. The molecule has 1 amide bonds. The third-order valence-electron chi connectivity index (χ3n) is 3.88. The van der Waals surface area contributed by atoms with E-state index in [4.69, 9.17) is 0 Å². The lowest BCUT2D eigenvalue weighted by atomic mass is 10.2. The van der Waals surface area contributed by atoms with Gasteiger partial charge in [0, 0.05) is 10.2 Å². The highest BCUT2D eigenvalue weighted by Crippen LogP contribution is 2.37. The Kier molecular flexibility index (Phi) is 3.27. The molecule has 1 aliphatic heterocycles. The summed E-state index contributed by atoms with van der Waals surface area (Å²) in [5.74, 6) is 1.41. The molecule has 6 heteroatoms. The van der Waals surface area contributed by atoms with Gasteiger partial charge in [-0.05, 0) is 37.3 Å². The topological polar surface area (TPSA) is 51.0 Å². The van der Waals surface area contributed by atoms with Crippen molar-refractivity contribution in [3.05, 3.63) is 64.7 Å². The summed E-state index contributed by atoms with van der Waals surface area (Å²) in [6.07, 6.45) is 0.210. The van der Waals surface area contributed by atoms with Crippen molar-refractivity contribution in [3.8, 4) is 5.69 Å². The highest BCUT2D eigenvalue weighted by Gasteiger charge is 2.29. The number of halogens is 1. The second-order valence-electron chi connectivity index (χ2n) is 5.37. The molecule has 1 aromatic heterocycles. The molecule has 2 aromatic carbocycles. The highest BCUT2D eigenvalue weighted by molar-refractivity contribution is 9.10. The van der Waals surface area contributed by atoms with Crippen LogP contribution in [0.4, 0.5) is 11.4 Å². The van der Waals surface area contributed by atoms with E-state index in [2.05, 4.69) is 26.1 Å². The number of aromatic nitrogens is 3. The Labute approximate surface area is 141 Å². The van der Waals surface area contributed by atoms with Gasteiger partial charge in [0.1, 0.15) is 11.6 Å². The van der Waals surface area contributed by atoms with Crippen molar-refractivity contribution in [2.75, 3.05) is 4.90 Å². The van der Waals surface area contributed by atoms with E-state index in [1.807, 2.05) is 60.0 Å². The Bertz CT molecular complexity index is 904. The fourth-order valence-corrected chi connectivity index (χ4v) is 3.26. The summed E-state index contributed by atoms with van der Waals surface area (Å²) < 4.78 is 2.86. The Morgan fingerprint density at radius 3 is 2.61 bits per heavy atom. The van der Waals surface area contributed by atoms with Crippen molar-refractivity contribution >= 4 is 33.2 Å². The monoisotopic (exact) mass is 368 g/mol. The van der Waals surface area contributed by atoms with Crippen LogP contribution in [0, 0.1) is 6.92 Å². The summed E-state index contributed by atoms with van der Waals surface area (Å²) in [7, 11) is 0. The molecule has 0 bridgehead atoms. The Hall–Kier alpha value is -2.47. The van der Waals surface area contributed by atoms with Gasteiger partial charge in [-0.25, -0.2) is 0 Å². The van der Waals surface area contributed by atoms with E-state index in [0.717, 1.165) is 27.4 Å². The van der Waals surface area contributed by atoms with Gasteiger partial charge in [-0.1, -0.05) is 34.1 Å². The molecule has 0 spiro atoms. The molecule has 0 aliphatic carbocycles. The second kappa shape index (κ2) is 5.31. The number of para-hydroxylation sites is 1. The first kappa shape index (κ1) is 14.1. The molecule has 114 valence electrons. The first-order valence-electron chi connectivity index (χ1n) is 7.24. The minimum atomic E-state index is -0.0262. The quantitative estimate of drug-likeness (QED) is 0.659. The maximum atomic E-state index is 12.9. The number of rotatable bonds is 1. The van der Waals surface area contributed by atoms with Crippen molar-refractivity contribution in [1.82, 2.24) is 14.8 Å². The molecule has 0 saturated carbocycles. The lowest BCUT2D eigenvalue weighted by Crippen LogP contribution is -2.26. The maximum Gasteiger partial charge on any atom is 0.239 e. The minimum absolute atomic E-state index is 0.0262. The van der Waals surface area contributed by atoms with E-state index in [-0.39, 0.29) is 12.3 Å². The third-order valence-corrected chi connectivity index (χ3v) is 4.38. The van der Waals surface area contributed by atoms with E-state index in [9.17, 15) is 4.79 Å². The van der Waals surface area contributed by atoms with Crippen LogP contribution in [-0.4, -0.2) is 20.7 Å². The number of carbonyl (C=O) groups excluding carboxylic acids is 1. The number of hydrogen-bond donors (Lipinski definition) is 0. The third kappa shape index (κ3) is 2.26. The van der Waals surface area contributed by atoms with E-state index >= 15 is 0 Å². The summed E-state index contributed by atoms with van der Waals surface area (Å²) in [4.78, 5) is 14.6. The van der Waals surface area contributed by atoms with E-state index in [1.54, 1.807) is 4.90 Å². The van der Waals surface area contributed by atoms with Crippen LogP contribution in [0.3, 0.4) is 0 Å².